The lowest BCUT2D eigenvalue weighted by molar-refractivity contribution is -0.207. The van der Waals surface area contributed by atoms with Gasteiger partial charge in [0.2, 0.25) is 0 Å². The van der Waals surface area contributed by atoms with Gasteiger partial charge in [-0.3, -0.25) is 4.55 Å². The highest BCUT2D eigenvalue weighted by Crippen LogP contribution is 2.68. The van der Waals surface area contributed by atoms with Crippen LogP contribution >= 0.6 is 0 Å². The summed E-state index contributed by atoms with van der Waals surface area (Å²) >= 11 is 0. The number of aliphatic hydroxyl groups excluding tert-OH is 5. The third-order valence-corrected chi connectivity index (χ3v) is 12.1. The van der Waals surface area contributed by atoms with E-state index in [9.17, 15) is 34.0 Å². The summed E-state index contributed by atoms with van der Waals surface area (Å²) in [5, 5.41) is 53.5. The van der Waals surface area contributed by atoms with E-state index in [0.717, 1.165) is 38.5 Å². The molecule has 0 aliphatic heterocycles. The van der Waals surface area contributed by atoms with Crippen LogP contribution in [0.3, 0.4) is 0 Å². The van der Waals surface area contributed by atoms with Crippen LogP contribution in [0.4, 0.5) is 0 Å². The highest BCUT2D eigenvalue weighted by Gasteiger charge is 2.65. The predicted octanol–water partition coefficient (Wildman–Crippen LogP) is 2.15. The maximum Gasteiger partial charge on any atom is 0.397 e. The number of rotatable bonds is 9. The third kappa shape index (κ3) is 5.51. The fourth-order valence-corrected chi connectivity index (χ4v) is 9.81. The standard InChI is InChI=1S/C27H48O9S/c1-15(4-7-22(30)16(13-28)14-36-37(33,34)35)19-5-6-20-25-21(12-24(32)27(19,20)3)26(2)9-8-18(29)10-17(26)11-23(25)31/h15-25,28-32H,4-14H2,1-3H3,(H,33,34,35)/t15-,16+,17+,18-,19-,20+,21+,22-,23-,24+,25+,26+,27-/m1/s1. The Labute approximate surface area is 221 Å². The number of aliphatic hydroxyl groups is 5. The van der Waals surface area contributed by atoms with Gasteiger partial charge in [-0.15, -0.1) is 0 Å². The van der Waals surface area contributed by atoms with Crippen molar-refractivity contribution < 1.29 is 42.7 Å². The van der Waals surface area contributed by atoms with Crippen molar-refractivity contribution >= 4 is 10.4 Å². The SMILES string of the molecule is C[C@H](CC[C@@H](O)[C@@H](CO)COS(=O)(=O)O)[C@H]1CC[C@H]2[C@@H]3[C@H](O)C[C@@H]4C[C@H](O)CC[C@]4(C)[C@H]3C[C@H](O)[C@]12C. The van der Waals surface area contributed by atoms with Gasteiger partial charge in [-0.05, 0) is 104 Å². The smallest absolute Gasteiger partial charge is 0.396 e. The van der Waals surface area contributed by atoms with Crippen LogP contribution in [0.2, 0.25) is 0 Å². The van der Waals surface area contributed by atoms with Gasteiger partial charge >= 0.3 is 10.4 Å². The van der Waals surface area contributed by atoms with Gasteiger partial charge in [-0.25, -0.2) is 4.18 Å². The van der Waals surface area contributed by atoms with Crippen LogP contribution in [0, 0.1) is 52.3 Å². The molecule has 4 saturated carbocycles. The second-order valence-electron chi connectivity index (χ2n) is 13.3. The Kier molecular flexibility index (Phi) is 8.75. The summed E-state index contributed by atoms with van der Waals surface area (Å²) in [4.78, 5) is 0. The van der Waals surface area contributed by atoms with Gasteiger partial charge in [0.25, 0.3) is 0 Å². The lowest BCUT2D eigenvalue weighted by atomic mass is 9.43. The summed E-state index contributed by atoms with van der Waals surface area (Å²) in [6.07, 6.45) is 4.54. The largest absolute Gasteiger partial charge is 0.397 e. The van der Waals surface area contributed by atoms with Crippen LogP contribution in [0.25, 0.3) is 0 Å². The first-order valence-corrected chi connectivity index (χ1v) is 15.5. The summed E-state index contributed by atoms with van der Waals surface area (Å²) < 4.78 is 34.9. The Morgan fingerprint density at radius 2 is 1.70 bits per heavy atom. The molecule has 0 aromatic heterocycles. The number of hydrogen-bond donors (Lipinski definition) is 6. The molecule has 37 heavy (non-hydrogen) atoms. The Morgan fingerprint density at radius 1 is 1.00 bits per heavy atom. The fourth-order valence-electron chi connectivity index (χ4n) is 9.46. The lowest BCUT2D eigenvalue weighted by Crippen LogP contribution is -2.62. The van der Waals surface area contributed by atoms with Gasteiger partial charge in [-0.2, -0.15) is 8.42 Å². The van der Waals surface area contributed by atoms with Gasteiger partial charge in [-0.1, -0.05) is 20.8 Å². The zero-order chi connectivity index (χ0) is 27.3. The van der Waals surface area contributed by atoms with E-state index in [1.807, 2.05) is 0 Å². The molecule has 4 rings (SSSR count). The van der Waals surface area contributed by atoms with Gasteiger partial charge in [0.15, 0.2) is 0 Å². The molecule has 4 aliphatic carbocycles. The van der Waals surface area contributed by atoms with E-state index in [2.05, 4.69) is 25.0 Å². The highest BCUT2D eigenvalue weighted by atomic mass is 32.3. The summed E-state index contributed by atoms with van der Waals surface area (Å²) in [6, 6.07) is 0. The molecule has 0 radical (unpaired) electrons. The van der Waals surface area contributed by atoms with Crippen molar-refractivity contribution in [1.29, 1.82) is 0 Å². The second kappa shape index (κ2) is 10.9. The van der Waals surface area contributed by atoms with E-state index in [1.54, 1.807) is 0 Å². The molecule has 0 spiro atoms. The Morgan fingerprint density at radius 3 is 2.35 bits per heavy atom. The Bertz CT molecular complexity index is 898. The molecular weight excluding hydrogens is 500 g/mol. The van der Waals surface area contributed by atoms with Crippen molar-refractivity contribution in [2.75, 3.05) is 13.2 Å². The van der Waals surface area contributed by atoms with Crippen molar-refractivity contribution in [3.05, 3.63) is 0 Å². The third-order valence-electron chi connectivity index (χ3n) is 11.6. The average molecular weight is 549 g/mol. The van der Waals surface area contributed by atoms with Gasteiger partial charge in [0.1, 0.15) is 0 Å². The van der Waals surface area contributed by atoms with E-state index >= 15 is 0 Å². The molecule has 0 saturated heterocycles. The highest BCUT2D eigenvalue weighted by molar-refractivity contribution is 7.80. The van der Waals surface area contributed by atoms with E-state index in [1.165, 1.54) is 0 Å². The monoisotopic (exact) mass is 548 g/mol. The zero-order valence-corrected chi connectivity index (χ0v) is 23.3. The fraction of sp³-hybridized carbons (Fsp3) is 1.00. The zero-order valence-electron chi connectivity index (χ0n) is 22.4. The van der Waals surface area contributed by atoms with Crippen LogP contribution in [-0.2, 0) is 14.6 Å². The number of hydrogen-bond acceptors (Lipinski definition) is 8. The molecule has 0 bridgehead atoms. The Hall–Kier alpha value is -0.330. The lowest BCUT2D eigenvalue weighted by Gasteiger charge is -2.63. The van der Waals surface area contributed by atoms with Crippen molar-refractivity contribution in [2.45, 2.75) is 103 Å². The molecule has 0 aromatic rings. The van der Waals surface area contributed by atoms with E-state index in [4.69, 9.17) is 4.55 Å². The maximum absolute atomic E-state index is 11.7. The van der Waals surface area contributed by atoms with Crippen molar-refractivity contribution in [2.24, 2.45) is 52.3 Å². The summed E-state index contributed by atoms with van der Waals surface area (Å²) in [5.74, 6) is 0.439. The molecule has 4 aliphatic rings. The van der Waals surface area contributed by atoms with Gasteiger partial charge in [0.05, 0.1) is 37.6 Å². The minimum atomic E-state index is -4.65. The molecule has 0 amide bonds. The quantitative estimate of drug-likeness (QED) is 0.237. The summed E-state index contributed by atoms with van der Waals surface area (Å²) in [6.45, 7) is 5.67. The first-order chi connectivity index (χ1) is 17.2. The molecule has 0 aromatic carbocycles. The molecule has 0 heterocycles. The van der Waals surface area contributed by atoms with Crippen molar-refractivity contribution in [3.8, 4) is 0 Å². The first-order valence-electron chi connectivity index (χ1n) is 14.2. The molecule has 10 heteroatoms. The maximum atomic E-state index is 11.7. The second-order valence-corrected chi connectivity index (χ2v) is 14.4. The predicted molar refractivity (Wildman–Crippen MR) is 136 cm³/mol. The van der Waals surface area contributed by atoms with Crippen LogP contribution in [-0.4, -0.2) is 76.1 Å². The van der Waals surface area contributed by atoms with Crippen molar-refractivity contribution in [3.63, 3.8) is 0 Å². The van der Waals surface area contributed by atoms with Crippen LogP contribution in [0.15, 0.2) is 0 Å². The first kappa shape index (κ1) is 29.6. The van der Waals surface area contributed by atoms with Crippen LogP contribution < -0.4 is 0 Å². The molecule has 9 nitrogen and oxygen atoms in total. The molecule has 6 N–H and O–H groups in total. The van der Waals surface area contributed by atoms with Crippen LogP contribution in [0.1, 0.15) is 78.6 Å². The summed E-state index contributed by atoms with van der Waals surface area (Å²) in [5.41, 5.74) is -0.309. The summed E-state index contributed by atoms with van der Waals surface area (Å²) in [7, 11) is -4.65. The van der Waals surface area contributed by atoms with E-state index < -0.39 is 47.8 Å². The minimum absolute atomic E-state index is 0.0304. The number of fused-ring (bicyclic) bond motifs is 5. The topological polar surface area (TPSA) is 165 Å². The van der Waals surface area contributed by atoms with E-state index in [0.29, 0.717) is 19.3 Å². The van der Waals surface area contributed by atoms with Gasteiger partial charge in [0, 0.05) is 5.92 Å². The molecule has 216 valence electrons. The molecule has 0 unspecified atom stereocenters. The molecular formula is C27H48O9S. The van der Waals surface area contributed by atoms with E-state index in [-0.39, 0.29) is 52.4 Å². The van der Waals surface area contributed by atoms with Gasteiger partial charge < -0.3 is 25.5 Å². The molecule has 13 atom stereocenters. The Balaban J connectivity index is 1.45. The average Bonchev–Trinajstić information content (AvgIpc) is 3.17. The minimum Gasteiger partial charge on any atom is -0.396 e. The molecule has 4 fully saturated rings. The van der Waals surface area contributed by atoms with Crippen LogP contribution in [0.5, 0.6) is 0 Å². The normalized spacial score (nSPS) is 46.4. The van der Waals surface area contributed by atoms with Crippen molar-refractivity contribution in [1.82, 2.24) is 0 Å².